The van der Waals surface area contributed by atoms with Gasteiger partial charge in [0, 0.05) is 75.0 Å². The second-order valence-corrected chi connectivity index (χ2v) is 11.4. The number of aromatic nitrogens is 4. The van der Waals surface area contributed by atoms with E-state index in [9.17, 15) is 0 Å². The molecule has 198 valence electrons. The summed E-state index contributed by atoms with van der Waals surface area (Å²) in [5.74, 6) is 0.844. The fourth-order valence-electron chi connectivity index (χ4n) is 5.57. The van der Waals surface area contributed by atoms with E-state index in [1.807, 2.05) is 24.7 Å². The highest BCUT2D eigenvalue weighted by molar-refractivity contribution is 9.10. The van der Waals surface area contributed by atoms with Crippen molar-refractivity contribution in [1.29, 1.82) is 0 Å². The highest BCUT2D eigenvalue weighted by Crippen LogP contribution is 2.33. The molecule has 0 radical (unpaired) electrons. The van der Waals surface area contributed by atoms with E-state index in [1.54, 1.807) is 0 Å². The second-order valence-electron chi connectivity index (χ2n) is 10.5. The van der Waals surface area contributed by atoms with Crippen molar-refractivity contribution in [2.24, 2.45) is 0 Å². The van der Waals surface area contributed by atoms with E-state index < -0.39 is 0 Å². The standard InChI is InChI=1S/C29H35BrN8/c1-20(2)36-12-9-22(10-13-36)33-26-25(30)19-32-29-27(26)34-28(35-29)21-5-7-23(8-6-21)37-14-16-38(17-15-37)24-4-3-11-31-18-24/h3-8,11,18-20,22H,9-10,12-17H2,1-2H3,(H2,32,33,34,35). The smallest absolute Gasteiger partial charge is 0.180 e. The first-order chi connectivity index (χ1) is 18.5. The molecule has 2 fully saturated rings. The maximum absolute atomic E-state index is 4.84. The Bertz CT molecular complexity index is 1350. The number of hydrogen-bond acceptors (Lipinski definition) is 7. The monoisotopic (exact) mass is 574 g/mol. The third-order valence-electron chi connectivity index (χ3n) is 7.88. The first-order valence-electron chi connectivity index (χ1n) is 13.6. The van der Waals surface area contributed by atoms with E-state index in [1.165, 1.54) is 11.4 Å². The highest BCUT2D eigenvalue weighted by Gasteiger charge is 2.23. The Morgan fingerprint density at radius 2 is 1.63 bits per heavy atom. The molecule has 0 spiro atoms. The number of hydrogen-bond donors (Lipinski definition) is 2. The van der Waals surface area contributed by atoms with Gasteiger partial charge in [-0.2, -0.15) is 0 Å². The molecule has 6 rings (SSSR count). The fraction of sp³-hybridized carbons (Fsp3) is 0.414. The van der Waals surface area contributed by atoms with Gasteiger partial charge in [0.15, 0.2) is 5.65 Å². The molecule has 2 saturated heterocycles. The number of nitrogens with one attached hydrogen (secondary N) is 2. The molecule has 2 N–H and O–H groups in total. The van der Waals surface area contributed by atoms with Crippen LogP contribution in [0.5, 0.6) is 0 Å². The number of pyridine rings is 2. The molecule has 0 saturated carbocycles. The summed E-state index contributed by atoms with van der Waals surface area (Å²) in [7, 11) is 0. The van der Waals surface area contributed by atoms with E-state index in [0.29, 0.717) is 12.1 Å². The summed E-state index contributed by atoms with van der Waals surface area (Å²) in [5.41, 5.74) is 6.25. The van der Waals surface area contributed by atoms with Gasteiger partial charge in [-0.15, -0.1) is 0 Å². The van der Waals surface area contributed by atoms with Gasteiger partial charge in [-0.1, -0.05) is 0 Å². The molecule has 0 bridgehead atoms. The molecule has 5 heterocycles. The van der Waals surface area contributed by atoms with E-state index >= 15 is 0 Å². The molecule has 8 nitrogen and oxygen atoms in total. The van der Waals surface area contributed by atoms with Crippen LogP contribution in [0.2, 0.25) is 0 Å². The number of imidazole rings is 1. The van der Waals surface area contributed by atoms with Crippen molar-refractivity contribution >= 4 is 44.2 Å². The SMILES string of the molecule is CC(C)N1CCC(Nc2c(Br)cnc3nc(-c4ccc(N5CCN(c6cccnc6)CC5)cc4)[nH]c23)CC1. The van der Waals surface area contributed by atoms with Crippen molar-refractivity contribution < 1.29 is 0 Å². The van der Waals surface area contributed by atoms with Crippen molar-refractivity contribution in [3.8, 4) is 11.4 Å². The number of piperazine rings is 1. The van der Waals surface area contributed by atoms with Crippen molar-refractivity contribution in [3.63, 3.8) is 0 Å². The van der Waals surface area contributed by atoms with Gasteiger partial charge in [0.2, 0.25) is 0 Å². The number of fused-ring (bicyclic) bond motifs is 1. The molecule has 9 heteroatoms. The molecular weight excluding hydrogens is 540 g/mol. The van der Waals surface area contributed by atoms with E-state index in [2.05, 4.69) is 95.1 Å². The molecule has 0 atom stereocenters. The Kier molecular flexibility index (Phi) is 7.21. The van der Waals surface area contributed by atoms with Crippen LogP contribution < -0.4 is 15.1 Å². The quantitative estimate of drug-likeness (QED) is 0.319. The molecule has 3 aromatic heterocycles. The molecule has 1 aromatic carbocycles. The summed E-state index contributed by atoms with van der Waals surface area (Å²) in [6, 6.07) is 13.9. The lowest BCUT2D eigenvalue weighted by Gasteiger charge is -2.37. The van der Waals surface area contributed by atoms with E-state index in [-0.39, 0.29) is 0 Å². The van der Waals surface area contributed by atoms with E-state index in [0.717, 1.165) is 84.8 Å². The topological polar surface area (TPSA) is 76.2 Å². The first kappa shape index (κ1) is 25.1. The molecule has 0 aliphatic carbocycles. The molecule has 38 heavy (non-hydrogen) atoms. The fourth-order valence-corrected chi connectivity index (χ4v) is 5.98. The maximum atomic E-state index is 4.84. The predicted molar refractivity (Wildman–Crippen MR) is 159 cm³/mol. The Labute approximate surface area is 232 Å². The Hall–Kier alpha value is -3.17. The number of H-pyrrole nitrogens is 1. The molecule has 0 unspecified atom stereocenters. The van der Waals surface area contributed by atoms with Crippen LogP contribution in [0, 0.1) is 0 Å². The van der Waals surface area contributed by atoms with Crippen LogP contribution in [-0.2, 0) is 0 Å². The first-order valence-corrected chi connectivity index (χ1v) is 14.4. The second kappa shape index (κ2) is 10.9. The Morgan fingerprint density at radius 1 is 0.921 bits per heavy atom. The van der Waals surface area contributed by atoms with Gasteiger partial charge in [0.25, 0.3) is 0 Å². The molecule has 2 aliphatic rings. The number of rotatable bonds is 6. The van der Waals surface area contributed by atoms with Crippen molar-refractivity contribution in [2.75, 3.05) is 54.4 Å². The minimum atomic E-state index is 0.441. The van der Waals surface area contributed by atoms with Crippen LogP contribution in [0.1, 0.15) is 26.7 Å². The molecule has 4 aromatic rings. The van der Waals surface area contributed by atoms with Crippen molar-refractivity contribution in [2.45, 2.75) is 38.8 Å². The maximum Gasteiger partial charge on any atom is 0.180 e. The normalized spacial score (nSPS) is 17.5. The highest BCUT2D eigenvalue weighted by atomic mass is 79.9. The molecule has 2 aliphatic heterocycles. The average molecular weight is 576 g/mol. The lowest BCUT2D eigenvalue weighted by Crippen LogP contribution is -2.46. The predicted octanol–water partition coefficient (Wildman–Crippen LogP) is 5.39. The molecular formula is C29H35BrN8. The lowest BCUT2D eigenvalue weighted by atomic mass is 10.0. The zero-order chi connectivity index (χ0) is 26.1. The Balaban J connectivity index is 1.15. The van der Waals surface area contributed by atoms with Gasteiger partial charge in [-0.3, -0.25) is 4.98 Å². The zero-order valence-corrected chi connectivity index (χ0v) is 23.7. The van der Waals surface area contributed by atoms with Gasteiger partial charge in [-0.05, 0) is 79.0 Å². The van der Waals surface area contributed by atoms with Gasteiger partial charge in [0.1, 0.15) is 11.3 Å². The van der Waals surface area contributed by atoms with Gasteiger partial charge in [0.05, 0.1) is 22.0 Å². The zero-order valence-electron chi connectivity index (χ0n) is 22.1. The Morgan fingerprint density at radius 3 is 2.29 bits per heavy atom. The molecule has 0 amide bonds. The summed E-state index contributed by atoms with van der Waals surface area (Å²) in [5, 5.41) is 3.78. The van der Waals surface area contributed by atoms with Crippen LogP contribution in [0.3, 0.4) is 0 Å². The number of piperidine rings is 1. The number of likely N-dealkylation sites (tertiary alicyclic amines) is 1. The largest absolute Gasteiger partial charge is 0.379 e. The summed E-state index contributed by atoms with van der Waals surface area (Å²) < 4.78 is 0.965. The van der Waals surface area contributed by atoms with Crippen LogP contribution >= 0.6 is 15.9 Å². The number of benzene rings is 1. The van der Waals surface area contributed by atoms with Crippen molar-refractivity contribution in [3.05, 3.63) is 59.5 Å². The minimum absolute atomic E-state index is 0.441. The number of halogens is 1. The van der Waals surface area contributed by atoms with Crippen LogP contribution in [0.15, 0.2) is 59.5 Å². The summed E-state index contributed by atoms with van der Waals surface area (Å²) in [6.45, 7) is 10.8. The van der Waals surface area contributed by atoms with Crippen LogP contribution in [0.4, 0.5) is 17.1 Å². The summed E-state index contributed by atoms with van der Waals surface area (Å²) >= 11 is 3.72. The van der Waals surface area contributed by atoms with Gasteiger partial charge >= 0.3 is 0 Å². The van der Waals surface area contributed by atoms with Gasteiger partial charge < -0.3 is 25.0 Å². The van der Waals surface area contributed by atoms with Crippen molar-refractivity contribution in [1.82, 2.24) is 24.8 Å². The summed E-state index contributed by atoms with van der Waals surface area (Å²) in [6.07, 6.45) is 7.89. The number of anilines is 3. The number of aromatic amines is 1. The minimum Gasteiger partial charge on any atom is -0.379 e. The van der Waals surface area contributed by atoms with E-state index in [4.69, 9.17) is 4.98 Å². The van der Waals surface area contributed by atoms with Gasteiger partial charge in [-0.25, -0.2) is 9.97 Å². The summed E-state index contributed by atoms with van der Waals surface area (Å²) in [4.78, 5) is 24.6. The average Bonchev–Trinajstić information content (AvgIpc) is 3.40. The van der Waals surface area contributed by atoms with Crippen LogP contribution in [-0.4, -0.2) is 76.2 Å². The number of nitrogens with zero attached hydrogens (tertiary/aromatic N) is 6. The third kappa shape index (κ3) is 5.22. The third-order valence-corrected chi connectivity index (χ3v) is 8.48. The lowest BCUT2D eigenvalue weighted by molar-refractivity contribution is 0.177. The van der Waals surface area contributed by atoms with Crippen LogP contribution in [0.25, 0.3) is 22.6 Å².